The summed E-state index contributed by atoms with van der Waals surface area (Å²) >= 11 is 1.97. The number of hydrogen-bond acceptors (Lipinski definition) is 4. The first kappa shape index (κ1) is 14.2. The van der Waals surface area contributed by atoms with Gasteiger partial charge in [0.1, 0.15) is 12.0 Å². The van der Waals surface area contributed by atoms with Crippen molar-refractivity contribution < 1.29 is 4.52 Å². The highest BCUT2D eigenvalue weighted by Crippen LogP contribution is 2.26. The molecule has 1 fully saturated rings. The van der Waals surface area contributed by atoms with Crippen molar-refractivity contribution in [1.29, 1.82) is 0 Å². The summed E-state index contributed by atoms with van der Waals surface area (Å²) in [5.41, 5.74) is 0.883. The smallest absolute Gasteiger partial charge is 0.191 e. The zero-order chi connectivity index (χ0) is 13.5. The lowest BCUT2D eigenvalue weighted by atomic mass is 9.95. The minimum Gasteiger partial charge on any atom is -0.364 e. The average Bonchev–Trinajstić information content (AvgIpc) is 2.97. The number of hydrogen-bond donors (Lipinski definition) is 2. The summed E-state index contributed by atoms with van der Waals surface area (Å²) < 4.78 is 4.81. The molecule has 1 aliphatic rings. The van der Waals surface area contributed by atoms with Crippen molar-refractivity contribution in [3.63, 3.8) is 0 Å². The number of rotatable bonds is 4. The molecule has 0 aromatic carbocycles. The number of guanidine groups is 1. The summed E-state index contributed by atoms with van der Waals surface area (Å²) in [7, 11) is 1.80. The van der Waals surface area contributed by atoms with E-state index in [1.807, 2.05) is 17.8 Å². The second-order valence-corrected chi connectivity index (χ2v) is 5.92. The Morgan fingerprint density at radius 2 is 2.47 bits per heavy atom. The number of aliphatic imine (C=N–C) groups is 1. The zero-order valence-electron chi connectivity index (χ0n) is 11.6. The van der Waals surface area contributed by atoms with Gasteiger partial charge in [0.2, 0.25) is 0 Å². The Bertz CT molecular complexity index is 393. The molecule has 1 saturated carbocycles. The van der Waals surface area contributed by atoms with E-state index in [4.69, 9.17) is 4.52 Å². The second-order valence-electron chi connectivity index (χ2n) is 4.78. The third kappa shape index (κ3) is 4.45. The number of nitrogens with zero attached hydrogens (tertiary/aromatic N) is 2. The average molecular weight is 282 g/mol. The highest BCUT2D eigenvalue weighted by Gasteiger charge is 2.21. The Labute approximate surface area is 118 Å². The Hall–Kier alpha value is -1.17. The van der Waals surface area contributed by atoms with Crippen LogP contribution in [0.1, 0.15) is 31.4 Å². The first-order valence-corrected chi connectivity index (χ1v) is 8.00. The van der Waals surface area contributed by atoms with E-state index in [0.29, 0.717) is 12.6 Å². The van der Waals surface area contributed by atoms with Crippen LogP contribution in [0.4, 0.5) is 0 Å². The Balaban J connectivity index is 1.78. The number of thioether (sulfide) groups is 1. The molecule has 1 aliphatic carbocycles. The molecule has 2 N–H and O–H groups in total. The van der Waals surface area contributed by atoms with Crippen molar-refractivity contribution in [2.75, 3.05) is 13.3 Å². The van der Waals surface area contributed by atoms with Crippen molar-refractivity contribution in [2.45, 2.75) is 43.5 Å². The van der Waals surface area contributed by atoms with E-state index in [0.717, 1.165) is 16.9 Å². The van der Waals surface area contributed by atoms with E-state index in [-0.39, 0.29) is 0 Å². The summed E-state index contributed by atoms with van der Waals surface area (Å²) in [5.74, 6) is 0.842. The second kappa shape index (κ2) is 7.43. The molecule has 0 radical (unpaired) electrons. The van der Waals surface area contributed by atoms with Crippen molar-refractivity contribution in [1.82, 2.24) is 15.8 Å². The van der Waals surface area contributed by atoms with Crippen molar-refractivity contribution in [2.24, 2.45) is 4.99 Å². The number of aromatic nitrogens is 1. The van der Waals surface area contributed by atoms with Crippen LogP contribution in [0.3, 0.4) is 0 Å². The monoisotopic (exact) mass is 282 g/mol. The van der Waals surface area contributed by atoms with Gasteiger partial charge in [-0.3, -0.25) is 4.99 Å². The SMILES string of the molecule is CN=C(NCc1ccon1)NC1CCCC(SC)C1. The highest BCUT2D eigenvalue weighted by atomic mass is 32.2. The van der Waals surface area contributed by atoms with Gasteiger partial charge in [-0.05, 0) is 25.5 Å². The molecule has 0 bridgehead atoms. The van der Waals surface area contributed by atoms with Gasteiger partial charge in [-0.25, -0.2) is 0 Å². The van der Waals surface area contributed by atoms with E-state index < -0.39 is 0 Å². The van der Waals surface area contributed by atoms with E-state index in [1.165, 1.54) is 25.7 Å². The molecule has 19 heavy (non-hydrogen) atoms. The first-order valence-electron chi connectivity index (χ1n) is 6.71. The Kier molecular flexibility index (Phi) is 5.57. The molecule has 0 spiro atoms. The van der Waals surface area contributed by atoms with Crippen molar-refractivity contribution in [3.05, 3.63) is 18.0 Å². The third-order valence-corrected chi connectivity index (χ3v) is 4.55. The van der Waals surface area contributed by atoms with Crippen molar-refractivity contribution >= 4 is 17.7 Å². The molecule has 0 saturated heterocycles. The Morgan fingerprint density at radius 3 is 3.16 bits per heavy atom. The molecule has 0 aliphatic heterocycles. The molecular weight excluding hydrogens is 260 g/mol. The quantitative estimate of drug-likeness (QED) is 0.653. The molecule has 106 valence electrons. The van der Waals surface area contributed by atoms with E-state index in [1.54, 1.807) is 13.3 Å². The maximum absolute atomic E-state index is 4.81. The third-order valence-electron chi connectivity index (χ3n) is 3.45. The van der Waals surface area contributed by atoms with Crippen LogP contribution >= 0.6 is 11.8 Å². The predicted molar refractivity (Wildman–Crippen MR) is 79.4 cm³/mol. The lowest BCUT2D eigenvalue weighted by molar-refractivity contribution is 0.408. The summed E-state index contributed by atoms with van der Waals surface area (Å²) in [6.07, 6.45) is 8.85. The summed E-state index contributed by atoms with van der Waals surface area (Å²) in [6.45, 7) is 0.634. The van der Waals surface area contributed by atoms with Gasteiger partial charge < -0.3 is 15.2 Å². The predicted octanol–water partition coefficient (Wildman–Crippen LogP) is 2.01. The molecule has 1 heterocycles. The van der Waals surface area contributed by atoms with Gasteiger partial charge >= 0.3 is 0 Å². The maximum atomic E-state index is 4.81. The van der Waals surface area contributed by atoms with Crippen LogP contribution in [-0.4, -0.2) is 35.7 Å². The van der Waals surface area contributed by atoms with Crippen molar-refractivity contribution in [3.8, 4) is 0 Å². The van der Waals surface area contributed by atoms with Gasteiger partial charge in [0.15, 0.2) is 5.96 Å². The normalized spacial score (nSPS) is 24.2. The minimum atomic E-state index is 0.523. The fraction of sp³-hybridized carbons (Fsp3) is 0.692. The van der Waals surface area contributed by atoms with E-state index in [2.05, 4.69) is 27.0 Å². The summed E-state index contributed by atoms with van der Waals surface area (Å²) in [6, 6.07) is 2.37. The lowest BCUT2D eigenvalue weighted by Crippen LogP contribution is -2.45. The molecule has 1 aromatic rings. The molecule has 1 aromatic heterocycles. The van der Waals surface area contributed by atoms with E-state index >= 15 is 0 Å². The summed E-state index contributed by atoms with van der Waals surface area (Å²) in [5, 5.41) is 11.4. The van der Waals surface area contributed by atoms with Crippen LogP contribution in [0.2, 0.25) is 0 Å². The Morgan fingerprint density at radius 1 is 1.58 bits per heavy atom. The van der Waals surface area contributed by atoms with Crippen LogP contribution in [0, 0.1) is 0 Å². The van der Waals surface area contributed by atoms with Gasteiger partial charge in [-0.15, -0.1) is 0 Å². The van der Waals surface area contributed by atoms with Gasteiger partial charge in [-0.1, -0.05) is 11.6 Å². The molecule has 0 amide bonds. The first-order chi connectivity index (χ1) is 9.31. The topological polar surface area (TPSA) is 62.5 Å². The maximum Gasteiger partial charge on any atom is 0.191 e. The largest absolute Gasteiger partial charge is 0.364 e. The molecule has 6 heteroatoms. The van der Waals surface area contributed by atoms with Crippen LogP contribution in [0.15, 0.2) is 21.8 Å². The zero-order valence-corrected chi connectivity index (χ0v) is 12.4. The minimum absolute atomic E-state index is 0.523. The van der Waals surface area contributed by atoms with Crippen LogP contribution in [0.25, 0.3) is 0 Å². The fourth-order valence-electron chi connectivity index (χ4n) is 2.38. The number of nitrogens with one attached hydrogen (secondary N) is 2. The molecule has 2 atom stereocenters. The summed E-state index contributed by atoms with van der Waals surface area (Å²) in [4.78, 5) is 4.26. The van der Waals surface area contributed by atoms with Gasteiger partial charge in [-0.2, -0.15) is 11.8 Å². The van der Waals surface area contributed by atoms with Gasteiger partial charge in [0.25, 0.3) is 0 Å². The van der Waals surface area contributed by atoms with Gasteiger partial charge in [0.05, 0.1) is 6.54 Å². The standard InChI is InChI=1S/C13H22N4OS/c1-14-13(15-9-11-6-7-18-17-11)16-10-4-3-5-12(8-10)19-2/h6-7,10,12H,3-5,8-9H2,1-2H3,(H2,14,15,16). The highest BCUT2D eigenvalue weighted by molar-refractivity contribution is 7.99. The van der Waals surface area contributed by atoms with Gasteiger partial charge in [0, 0.05) is 24.4 Å². The lowest BCUT2D eigenvalue weighted by Gasteiger charge is -2.29. The van der Waals surface area contributed by atoms with E-state index in [9.17, 15) is 0 Å². The molecular formula is C13H22N4OS. The molecule has 5 nitrogen and oxygen atoms in total. The van der Waals surface area contributed by atoms with Crippen LogP contribution < -0.4 is 10.6 Å². The molecule has 2 unspecified atom stereocenters. The molecule has 2 rings (SSSR count). The van der Waals surface area contributed by atoms with Crippen LogP contribution in [0.5, 0.6) is 0 Å². The fourth-order valence-corrected chi connectivity index (χ4v) is 3.21. The van der Waals surface area contributed by atoms with Crippen LogP contribution in [-0.2, 0) is 6.54 Å².